The summed E-state index contributed by atoms with van der Waals surface area (Å²) < 4.78 is 0. The number of nitrogens with two attached hydrogens (primary N) is 1. The number of allylic oxidation sites excluding steroid dienone is 1. The van der Waals surface area contributed by atoms with Gasteiger partial charge in [-0.2, -0.15) is 0 Å². The van der Waals surface area contributed by atoms with Crippen LogP contribution in [0.2, 0.25) is 0 Å². The van der Waals surface area contributed by atoms with Crippen LogP contribution < -0.4 is 11.3 Å². The topological polar surface area (TPSA) is 38.0 Å². The minimum atomic E-state index is 0.189. The Morgan fingerprint density at radius 2 is 1.82 bits per heavy atom. The van der Waals surface area contributed by atoms with Gasteiger partial charge in [0.25, 0.3) is 0 Å². The fourth-order valence-corrected chi connectivity index (χ4v) is 2.72. The van der Waals surface area contributed by atoms with Crippen molar-refractivity contribution in [3.05, 3.63) is 46.5 Å². The molecule has 1 aromatic rings. The Balaban J connectivity index is 2.31. The molecule has 0 amide bonds. The third-order valence-corrected chi connectivity index (χ3v) is 3.44. The predicted molar refractivity (Wildman–Crippen MR) is 72.5 cm³/mol. The third kappa shape index (κ3) is 2.96. The molecular formula is C15H22N2. The van der Waals surface area contributed by atoms with Gasteiger partial charge < -0.3 is 0 Å². The van der Waals surface area contributed by atoms with E-state index in [4.69, 9.17) is 5.84 Å². The predicted octanol–water partition coefficient (Wildman–Crippen LogP) is 3.31. The standard InChI is InChI=1S/C15H22N2/c1-11-8-12(2)10-14(9-11)15(17-16)13-6-4-3-5-7-13/h6,8-10,15,17H,3-5,7,16H2,1-2H3. The summed E-state index contributed by atoms with van der Waals surface area (Å²) in [6, 6.07) is 6.85. The summed E-state index contributed by atoms with van der Waals surface area (Å²) in [5.41, 5.74) is 8.32. The molecule has 0 saturated heterocycles. The summed E-state index contributed by atoms with van der Waals surface area (Å²) in [6.07, 6.45) is 7.31. The molecule has 1 aromatic carbocycles. The molecule has 0 heterocycles. The van der Waals surface area contributed by atoms with Gasteiger partial charge in [-0.15, -0.1) is 0 Å². The van der Waals surface area contributed by atoms with Gasteiger partial charge >= 0.3 is 0 Å². The number of benzene rings is 1. The maximum absolute atomic E-state index is 5.74. The fraction of sp³-hybridized carbons (Fsp3) is 0.467. The van der Waals surface area contributed by atoms with E-state index < -0.39 is 0 Å². The minimum absolute atomic E-state index is 0.189. The molecule has 2 nitrogen and oxygen atoms in total. The van der Waals surface area contributed by atoms with Crippen molar-refractivity contribution in [3.63, 3.8) is 0 Å². The van der Waals surface area contributed by atoms with Gasteiger partial charge in [-0.3, -0.25) is 5.84 Å². The molecule has 3 N–H and O–H groups in total. The Morgan fingerprint density at radius 3 is 2.35 bits per heavy atom. The highest BCUT2D eigenvalue weighted by molar-refractivity contribution is 5.35. The second-order valence-electron chi connectivity index (χ2n) is 5.05. The lowest BCUT2D eigenvalue weighted by molar-refractivity contribution is 0.565. The molecule has 0 spiro atoms. The molecule has 2 rings (SSSR count). The second-order valence-corrected chi connectivity index (χ2v) is 5.05. The van der Waals surface area contributed by atoms with Crippen LogP contribution in [-0.4, -0.2) is 0 Å². The quantitative estimate of drug-likeness (QED) is 0.475. The first-order valence-corrected chi connectivity index (χ1v) is 6.44. The van der Waals surface area contributed by atoms with Crippen LogP contribution in [0.1, 0.15) is 48.4 Å². The van der Waals surface area contributed by atoms with Crippen LogP contribution in [0.5, 0.6) is 0 Å². The summed E-state index contributed by atoms with van der Waals surface area (Å²) in [7, 11) is 0. The van der Waals surface area contributed by atoms with Gasteiger partial charge in [-0.1, -0.05) is 41.0 Å². The van der Waals surface area contributed by atoms with Crippen molar-refractivity contribution in [3.8, 4) is 0 Å². The summed E-state index contributed by atoms with van der Waals surface area (Å²) in [5, 5.41) is 0. The Morgan fingerprint density at radius 1 is 1.12 bits per heavy atom. The summed E-state index contributed by atoms with van der Waals surface area (Å²) in [4.78, 5) is 0. The van der Waals surface area contributed by atoms with Gasteiger partial charge in [0.2, 0.25) is 0 Å². The Kier molecular flexibility index (Phi) is 3.97. The molecule has 1 atom stereocenters. The van der Waals surface area contributed by atoms with E-state index in [0.29, 0.717) is 0 Å². The Hall–Kier alpha value is -1.12. The van der Waals surface area contributed by atoms with Crippen molar-refractivity contribution in [1.29, 1.82) is 0 Å². The van der Waals surface area contributed by atoms with E-state index in [9.17, 15) is 0 Å². The zero-order valence-electron chi connectivity index (χ0n) is 10.8. The van der Waals surface area contributed by atoms with Crippen molar-refractivity contribution in [2.24, 2.45) is 5.84 Å². The van der Waals surface area contributed by atoms with Gasteiger partial charge in [0.1, 0.15) is 0 Å². The largest absolute Gasteiger partial charge is 0.271 e. The Labute approximate surface area is 104 Å². The molecule has 17 heavy (non-hydrogen) atoms. The first-order chi connectivity index (χ1) is 8.20. The van der Waals surface area contributed by atoms with Crippen LogP contribution in [0.25, 0.3) is 0 Å². The second kappa shape index (κ2) is 5.48. The van der Waals surface area contributed by atoms with E-state index in [1.54, 1.807) is 0 Å². The number of aryl methyl sites for hydroxylation is 2. The molecule has 1 aliphatic carbocycles. The molecule has 0 fully saturated rings. The highest BCUT2D eigenvalue weighted by atomic mass is 15.2. The normalized spacial score (nSPS) is 17.7. The van der Waals surface area contributed by atoms with E-state index in [1.807, 2.05) is 0 Å². The van der Waals surface area contributed by atoms with Gasteiger partial charge in [-0.25, -0.2) is 5.43 Å². The van der Waals surface area contributed by atoms with E-state index in [-0.39, 0.29) is 6.04 Å². The van der Waals surface area contributed by atoms with Crippen LogP contribution in [0.3, 0.4) is 0 Å². The molecule has 2 heteroatoms. The van der Waals surface area contributed by atoms with Gasteiger partial charge in [0.05, 0.1) is 6.04 Å². The average molecular weight is 230 g/mol. The van der Waals surface area contributed by atoms with Crippen molar-refractivity contribution >= 4 is 0 Å². The van der Waals surface area contributed by atoms with Gasteiger partial charge in [-0.05, 0) is 45.1 Å². The zero-order valence-corrected chi connectivity index (χ0v) is 10.8. The van der Waals surface area contributed by atoms with Crippen molar-refractivity contribution in [2.45, 2.75) is 45.6 Å². The van der Waals surface area contributed by atoms with Crippen LogP contribution >= 0.6 is 0 Å². The average Bonchev–Trinajstić information content (AvgIpc) is 2.30. The fourth-order valence-electron chi connectivity index (χ4n) is 2.72. The van der Waals surface area contributed by atoms with E-state index in [1.165, 1.54) is 47.9 Å². The molecule has 0 bridgehead atoms. The van der Waals surface area contributed by atoms with Gasteiger partial charge in [0, 0.05) is 0 Å². The van der Waals surface area contributed by atoms with E-state index in [2.05, 4.69) is 43.5 Å². The third-order valence-electron chi connectivity index (χ3n) is 3.44. The van der Waals surface area contributed by atoms with Crippen LogP contribution in [0.15, 0.2) is 29.8 Å². The molecule has 1 unspecified atom stereocenters. The number of nitrogens with one attached hydrogen (secondary N) is 1. The summed E-state index contributed by atoms with van der Waals surface area (Å²) >= 11 is 0. The molecule has 0 aliphatic heterocycles. The van der Waals surface area contributed by atoms with Crippen molar-refractivity contribution < 1.29 is 0 Å². The molecule has 0 radical (unpaired) electrons. The first-order valence-electron chi connectivity index (χ1n) is 6.44. The van der Waals surface area contributed by atoms with Crippen LogP contribution in [0, 0.1) is 13.8 Å². The molecule has 92 valence electrons. The monoisotopic (exact) mass is 230 g/mol. The zero-order chi connectivity index (χ0) is 12.3. The number of hydrogen-bond donors (Lipinski definition) is 2. The molecule has 1 aliphatic rings. The van der Waals surface area contributed by atoms with Gasteiger partial charge in [0.15, 0.2) is 0 Å². The minimum Gasteiger partial charge on any atom is -0.271 e. The lowest BCUT2D eigenvalue weighted by Crippen LogP contribution is -2.30. The summed E-state index contributed by atoms with van der Waals surface area (Å²) in [6.45, 7) is 4.28. The summed E-state index contributed by atoms with van der Waals surface area (Å²) in [5.74, 6) is 5.74. The molecule has 0 aromatic heterocycles. The lowest BCUT2D eigenvalue weighted by atomic mass is 9.89. The van der Waals surface area contributed by atoms with E-state index in [0.717, 1.165) is 0 Å². The molecular weight excluding hydrogens is 208 g/mol. The maximum atomic E-state index is 5.74. The van der Waals surface area contributed by atoms with Crippen LogP contribution in [0.4, 0.5) is 0 Å². The maximum Gasteiger partial charge on any atom is 0.0670 e. The van der Waals surface area contributed by atoms with E-state index >= 15 is 0 Å². The number of rotatable bonds is 3. The van der Waals surface area contributed by atoms with Crippen molar-refractivity contribution in [1.82, 2.24) is 5.43 Å². The number of hydrogen-bond acceptors (Lipinski definition) is 2. The SMILES string of the molecule is Cc1cc(C)cc(C(NN)C2=CCCCC2)c1. The van der Waals surface area contributed by atoms with Crippen LogP contribution in [-0.2, 0) is 0 Å². The highest BCUT2D eigenvalue weighted by Crippen LogP contribution is 2.30. The van der Waals surface area contributed by atoms with Crippen molar-refractivity contribution in [2.75, 3.05) is 0 Å². The first kappa shape index (κ1) is 12.3. The number of hydrazine groups is 1. The lowest BCUT2D eigenvalue weighted by Gasteiger charge is -2.23. The Bertz CT molecular complexity index is 401. The smallest absolute Gasteiger partial charge is 0.0670 e. The highest BCUT2D eigenvalue weighted by Gasteiger charge is 2.17. The molecule has 0 saturated carbocycles.